The summed E-state index contributed by atoms with van der Waals surface area (Å²) in [5.41, 5.74) is 0.798. The molecule has 0 aromatic heterocycles. The number of nitrogens with zero attached hydrogens (tertiary/aromatic N) is 1. The lowest BCUT2D eigenvalue weighted by Crippen LogP contribution is -2.38. The minimum absolute atomic E-state index is 0.180. The average molecular weight is 332 g/mol. The molecule has 2 amide bonds. The maximum atomic E-state index is 13.6. The number of amides is 2. The van der Waals surface area contributed by atoms with Crippen LogP contribution in [0.25, 0.3) is 0 Å². The van der Waals surface area contributed by atoms with Gasteiger partial charge in [0.25, 0.3) is 0 Å². The fourth-order valence-electron chi connectivity index (χ4n) is 2.24. The topological polar surface area (TPSA) is 49.4 Å². The van der Waals surface area contributed by atoms with Crippen LogP contribution in [0.4, 0.5) is 14.5 Å². The van der Waals surface area contributed by atoms with Crippen molar-refractivity contribution in [3.8, 4) is 0 Å². The van der Waals surface area contributed by atoms with Crippen molar-refractivity contribution in [3.63, 3.8) is 0 Å². The molecule has 126 valence electrons. The molecule has 6 heteroatoms. The maximum absolute atomic E-state index is 13.6. The van der Waals surface area contributed by atoms with Crippen molar-refractivity contribution < 1.29 is 18.4 Å². The first kappa shape index (κ1) is 17.6. The first-order valence-electron chi connectivity index (χ1n) is 7.50. The minimum atomic E-state index is -0.462. The monoisotopic (exact) mass is 332 g/mol. The van der Waals surface area contributed by atoms with Crippen molar-refractivity contribution in [2.75, 3.05) is 18.4 Å². The van der Waals surface area contributed by atoms with Crippen molar-refractivity contribution >= 4 is 17.5 Å². The molecule has 2 rings (SSSR count). The number of hydrogen-bond donors (Lipinski definition) is 1. The van der Waals surface area contributed by atoms with E-state index in [1.807, 2.05) is 0 Å². The zero-order chi connectivity index (χ0) is 17.5. The van der Waals surface area contributed by atoms with E-state index in [0.717, 1.165) is 0 Å². The highest BCUT2D eigenvalue weighted by atomic mass is 19.1. The number of rotatable bonds is 6. The van der Waals surface area contributed by atoms with E-state index in [-0.39, 0.29) is 24.8 Å². The summed E-state index contributed by atoms with van der Waals surface area (Å²) >= 11 is 0. The lowest BCUT2D eigenvalue weighted by molar-refractivity contribution is -0.132. The van der Waals surface area contributed by atoms with Gasteiger partial charge in [-0.1, -0.05) is 24.3 Å². The molecule has 2 aromatic rings. The van der Waals surface area contributed by atoms with Gasteiger partial charge in [0.05, 0.1) is 6.54 Å². The molecule has 0 saturated carbocycles. The fourth-order valence-corrected chi connectivity index (χ4v) is 2.24. The molecule has 0 heterocycles. The Balaban J connectivity index is 1.94. The number of hydrogen-bond acceptors (Lipinski definition) is 2. The Morgan fingerprint density at radius 3 is 2.50 bits per heavy atom. The quantitative estimate of drug-likeness (QED) is 0.884. The molecular formula is C18H18F2N2O2. The standard InChI is InChI=1S/C18H18F2N2O2/c1-13(23)22(10-9-14-5-2-3-8-17(14)20)12-18(24)21-16-7-4-6-15(19)11-16/h2-8,11H,9-10,12H2,1H3,(H,21,24). The van der Waals surface area contributed by atoms with Crippen LogP contribution in [-0.4, -0.2) is 29.8 Å². The lowest BCUT2D eigenvalue weighted by Gasteiger charge is -2.20. The van der Waals surface area contributed by atoms with Crippen LogP contribution in [-0.2, 0) is 16.0 Å². The smallest absolute Gasteiger partial charge is 0.243 e. The third kappa shape index (κ3) is 5.15. The predicted octanol–water partition coefficient (Wildman–Crippen LogP) is 2.99. The third-order valence-electron chi connectivity index (χ3n) is 3.50. The largest absolute Gasteiger partial charge is 0.333 e. The van der Waals surface area contributed by atoms with Gasteiger partial charge in [-0.2, -0.15) is 0 Å². The van der Waals surface area contributed by atoms with Gasteiger partial charge in [-0.05, 0) is 36.2 Å². The summed E-state index contributed by atoms with van der Waals surface area (Å²) in [4.78, 5) is 25.0. The van der Waals surface area contributed by atoms with Crippen molar-refractivity contribution in [3.05, 3.63) is 65.7 Å². The van der Waals surface area contributed by atoms with Gasteiger partial charge in [0.1, 0.15) is 11.6 Å². The summed E-state index contributed by atoms with van der Waals surface area (Å²) < 4.78 is 26.7. The molecule has 0 bridgehead atoms. The highest BCUT2D eigenvalue weighted by molar-refractivity contribution is 5.94. The average Bonchev–Trinajstić information content (AvgIpc) is 2.52. The fraction of sp³-hybridized carbons (Fsp3) is 0.222. The maximum Gasteiger partial charge on any atom is 0.243 e. The summed E-state index contributed by atoms with van der Waals surface area (Å²) in [6, 6.07) is 11.8. The van der Waals surface area contributed by atoms with E-state index in [1.54, 1.807) is 24.3 Å². The number of carbonyl (C=O) groups is 2. The van der Waals surface area contributed by atoms with E-state index in [4.69, 9.17) is 0 Å². The second-order valence-electron chi connectivity index (χ2n) is 5.34. The summed E-state index contributed by atoms with van der Waals surface area (Å²) in [6.45, 7) is 1.38. The summed E-state index contributed by atoms with van der Waals surface area (Å²) in [6.07, 6.45) is 0.305. The number of carbonyl (C=O) groups excluding carboxylic acids is 2. The predicted molar refractivity (Wildman–Crippen MR) is 87.4 cm³/mol. The number of nitrogens with one attached hydrogen (secondary N) is 1. The van der Waals surface area contributed by atoms with Crippen molar-refractivity contribution in [2.24, 2.45) is 0 Å². The van der Waals surface area contributed by atoms with Crippen molar-refractivity contribution in [1.29, 1.82) is 0 Å². The molecule has 0 atom stereocenters. The molecule has 0 spiro atoms. The molecule has 1 N–H and O–H groups in total. The molecule has 24 heavy (non-hydrogen) atoms. The number of anilines is 1. The molecule has 0 aliphatic heterocycles. The molecule has 0 saturated heterocycles. The summed E-state index contributed by atoms with van der Waals surface area (Å²) in [5, 5.41) is 2.53. The molecular weight excluding hydrogens is 314 g/mol. The van der Waals surface area contributed by atoms with Crippen molar-refractivity contribution in [1.82, 2.24) is 4.90 Å². The Morgan fingerprint density at radius 2 is 1.83 bits per heavy atom. The van der Waals surface area contributed by atoms with Crippen LogP contribution < -0.4 is 5.32 Å². The molecule has 0 unspecified atom stereocenters. The van der Waals surface area contributed by atoms with Gasteiger partial charge in [-0.15, -0.1) is 0 Å². The van der Waals surface area contributed by atoms with E-state index in [0.29, 0.717) is 17.7 Å². The SMILES string of the molecule is CC(=O)N(CCc1ccccc1F)CC(=O)Nc1cccc(F)c1. The van der Waals surface area contributed by atoms with Gasteiger partial charge in [0.2, 0.25) is 11.8 Å². The van der Waals surface area contributed by atoms with Crippen LogP contribution in [0.1, 0.15) is 12.5 Å². The van der Waals surface area contributed by atoms with Gasteiger partial charge in [0.15, 0.2) is 0 Å². The van der Waals surface area contributed by atoms with Crippen LogP contribution in [0.3, 0.4) is 0 Å². The van der Waals surface area contributed by atoms with Gasteiger partial charge < -0.3 is 10.2 Å². The summed E-state index contributed by atoms with van der Waals surface area (Å²) in [5.74, 6) is -1.54. The molecule has 4 nitrogen and oxygen atoms in total. The Hall–Kier alpha value is -2.76. The minimum Gasteiger partial charge on any atom is -0.333 e. The van der Waals surface area contributed by atoms with E-state index in [9.17, 15) is 18.4 Å². The first-order valence-corrected chi connectivity index (χ1v) is 7.50. The Labute approximate surface area is 139 Å². The van der Waals surface area contributed by atoms with Gasteiger partial charge >= 0.3 is 0 Å². The third-order valence-corrected chi connectivity index (χ3v) is 3.50. The van der Waals surface area contributed by atoms with Crippen LogP contribution in [0, 0.1) is 11.6 Å². The first-order chi connectivity index (χ1) is 11.5. The zero-order valence-electron chi connectivity index (χ0n) is 13.3. The van der Waals surface area contributed by atoms with E-state index in [2.05, 4.69) is 5.32 Å². The molecule has 0 radical (unpaired) electrons. The Morgan fingerprint density at radius 1 is 1.08 bits per heavy atom. The van der Waals surface area contributed by atoms with Crippen LogP contribution >= 0.6 is 0 Å². The second kappa shape index (κ2) is 8.19. The Bertz CT molecular complexity index is 734. The van der Waals surface area contributed by atoms with Crippen LogP contribution in [0.2, 0.25) is 0 Å². The molecule has 2 aromatic carbocycles. The van der Waals surface area contributed by atoms with E-state index in [1.165, 1.54) is 36.1 Å². The van der Waals surface area contributed by atoms with Gasteiger partial charge in [-0.25, -0.2) is 8.78 Å². The van der Waals surface area contributed by atoms with E-state index >= 15 is 0 Å². The van der Waals surface area contributed by atoms with Gasteiger partial charge in [-0.3, -0.25) is 9.59 Å². The number of benzene rings is 2. The Kier molecular flexibility index (Phi) is 6.01. The zero-order valence-corrected chi connectivity index (χ0v) is 13.3. The highest BCUT2D eigenvalue weighted by Gasteiger charge is 2.14. The van der Waals surface area contributed by atoms with Crippen molar-refractivity contribution in [2.45, 2.75) is 13.3 Å². The molecule has 0 aliphatic carbocycles. The summed E-state index contributed by atoms with van der Waals surface area (Å²) in [7, 11) is 0. The van der Waals surface area contributed by atoms with Gasteiger partial charge in [0, 0.05) is 19.2 Å². The second-order valence-corrected chi connectivity index (χ2v) is 5.34. The van der Waals surface area contributed by atoms with Crippen LogP contribution in [0.15, 0.2) is 48.5 Å². The normalized spacial score (nSPS) is 10.3. The lowest BCUT2D eigenvalue weighted by atomic mass is 10.1. The van der Waals surface area contributed by atoms with E-state index < -0.39 is 11.7 Å². The van der Waals surface area contributed by atoms with Crippen LogP contribution in [0.5, 0.6) is 0 Å². The molecule has 0 aliphatic rings. The highest BCUT2D eigenvalue weighted by Crippen LogP contribution is 2.10. The molecule has 0 fully saturated rings. The number of halogens is 2.